The van der Waals surface area contributed by atoms with E-state index >= 15 is 0 Å². The van der Waals surface area contributed by atoms with E-state index in [9.17, 15) is 8.42 Å². The Morgan fingerprint density at radius 2 is 1.61 bits per heavy atom. The molecule has 28 heavy (non-hydrogen) atoms. The van der Waals surface area contributed by atoms with Crippen LogP contribution in [0.3, 0.4) is 0 Å². The van der Waals surface area contributed by atoms with E-state index in [-0.39, 0.29) is 9.79 Å². The van der Waals surface area contributed by atoms with Gasteiger partial charge in [0.15, 0.2) is 0 Å². The number of H-pyrrole nitrogens is 1. The maximum atomic E-state index is 13.4. The summed E-state index contributed by atoms with van der Waals surface area (Å²) in [6, 6.07) is 8.59. The minimum absolute atomic E-state index is 0.0990. The lowest BCUT2D eigenvalue weighted by Gasteiger charge is -2.32. The van der Waals surface area contributed by atoms with Gasteiger partial charge in [-0.1, -0.05) is 17.7 Å². The molecule has 0 aliphatic carbocycles. The molecule has 146 valence electrons. The van der Waals surface area contributed by atoms with Crippen molar-refractivity contribution in [3.8, 4) is 0 Å². The number of hydrogen-bond acceptors (Lipinski definition) is 5. The third-order valence-electron chi connectivity index (χ3n) is 5.70. The molecule has 0 radical (unpaired) electrons. The molecule has 4 rings (SSSR count). The molecule has 1 fully saturated rings. The summed E-state index contributed by atoms with van der Waals surface area (Å²) in [5.41, 5.74) is 0.880. The Labute approximate surface area is 165 Å². The predicted molar refractivity (Wildman–Crippen MR) is 108 cm³/mol. The lowest BCUT2D eigenvalue weighted by Crippen LogP contribution is -2.41. The van der Waals surface area contributed by atoms with Gasteiger partial charge in [-0.25, -0.2) is 13.4 Å². The number of hydrogen-bond donors (Lipinski definition) is 1. The number of nitrogens with zero attached hydrogens (tertiary/aromatic N) is 1. The number of aromatic amines is 1. The number of fused-ring (bicyclic) bond motifs is 1. The molecular weight excluding hydrogens is 375 g/mol. The highest BCUT2D eigenvalue weighted by Crippen LogP contribution is 2.38. The summed E-state index contributed by atoms with van der Waals surface area (Å²) in [7, 11) is -4.62. The van der Waals surface area contributed by atoms with E-state index in [1.54, 1.807) is 36.5 Å². The Morgan fingerprint density at radius 3 is 2.21 bits per heavy atom. The Morgan fingerprint density at radius 1 is 1.00 bits per heavy atom. The van der Waals surface area contributed by atoms with E-state index in [1.807, 2.05) is 34.6 Å². The van der Waals surface area contributed by atoms with Crippen LogP contribution in [0.25, 0.3) is 11.0 Å². The van der Waals surface area contributed by atoms with Crippen molar-refractivity contribution in [1.29, 1.82) is 0 Å². The molecule has 1 aliphatic heterocycles. The molecule has 1 aliphatic rings. The Balaban J connectivity index is 1.94. The lowest BCUT2D eigenvalue weighted by molar-refractivity contribution is 0.00578. The summed E-state index contributed by atoms with van der Waals surface area (Å²) in [6.07, 6.45) is 3.11. The minimum atomic E-state index is -3.80. The fourth-order valence-corrected chi connectivity index (χ4v) is 4.71. The number of aromatic nitrogens is 2. The number of rotatable bonds is 3. The third-order valence-corrected chi connectivity index (χ3v) is 7.50. The summed E-state index contributed by atoms with van der Waals surface area (Å²) in [4.78, 5) is 7.66. The summed E-state index contributed by atoms with van der Waals surface area (Å²) >= 11 is 0. The van der Waals surface area contributed by atoms with E-state index in [4.69, 9.17) is 9.31 Å². The van der Waals surface area contributed by atoms with Crippen LogP contribution in [0.2, 0.25) is 0 Å². The van der Waals surface area contributed by atoms with Gasteiger partial charge in [0.05, 0.1) is 21.0 Å². The summed E-state index contributed by atoms with van der Waals surface area (Å²) in [5.74, 6) is 0. The minimum Gasteiger partial charge on any atom is -0.399 e. The van der Waals surface area contributed by atoms with Crippen LogP contribution in [-0.2, 0) is 19.1 Å². The summed E-state index contributed by atoms with van der Waals surface area (Å²) < 4.78 is 39.3. The first-order chi connectivity index (χ1) is 13.0. The van der Waals surface area contributed by atoms with E-state index in [0.717, 1.165) is 5.56 Å². The van der Waals surface area contributed by atoms with Gasteiger partial charge in [-0.3, -0.25) is 0 Å². The van der Waals surface area contributed by atoms with Gasteiger partial charge in [0.25, 0.3) is 0 Å². The molecule has 8 heteroatoms. The molecule has 0 bridgehead atoms. The molecule has 3 heterocycles. The maximum Gasteiger partial charge on any atom is 0.497 e. The fraction of sp³-hybridized carbons (Fsp3) is 0.350. The molecule has 0 unspecified atom stereocenters. The van der Waals surface area contributed by atoms with Gasteiger partial charge in [0.1, 0.15) is 5.65 Å². The zero-order valence-electron chi connectivity index (χ0n) is 16.6. The van der Waals surface area contributed by atoms with Crippen LogP contribution in [0.4, 0.5) is 0 Å². The van der Waals surface area contributed by atoms with Gasteiger partial charge < -0.3 is 14.3 Å². The van der Waals surface area contributed by atoms with Gasteiger partial charge in [0.2, 0.25) is 9.84 Å². The van der Waals surface area contributed by atoms with Crippen LogP contribution >= 0.6 is 0 Å². The average molecular weight is 398 g/mol. The highest BCUT2D eigenvalue weighted by Gasteiger charge is 2.53. The Hall–Kier alpha value is -2.16. The molecule has 3 aromatic rings. The van der Waals surface area contributed by atoms with E-state index in [2.05, 4.69) is 9.97 Å². The monoisotopic (exact) mass is 398 g/mol. The molecule has 6 nitrogen and oxygen atoms in total. The van der Waals surface area contributed by atoms with Gasteiger partial charge in [0, 0.05) is 23.2 Å². The first-order valence-corrected chi connectivity index (χ1v) is 10.6. The fourth-order valence-electron chi connectivity index (χ4n) is 3.27. The highest BCUT2D eigenvalue weighted by atomic mass is 32.2. The van der Waals surface area contributed by atoms with Gasteiger partial charge in [-0.05, 0) is 52.8 Å². The van der Waals surface area contributed by atoms with E-state index < -0.39 is 28.2 Å². The van der Waals surface area contributed by atoms with Crippen molar-refractivity contribution in [3.63, 3.8) is 0 Å². The molecule has 0 spiro atoms. The Bertz CT molecular complexity index is 1130. The second-order valence-electron chi connectivity index (χ2n) is 8.18. The number of sulfone groups is 1. The van der Waals surface area contributed by atoms with Crippen LogP contribution in [0, 0.1) is 6.92 Å². The third kappa shape index (κ3) is 2.87. The van der Waals surface area contributed by atoms with E-state index in [0.29, 0.717) is 16.5 Å². The van der Waals surface area contributed by atoms with Crippen molar-refractivity contribution in [2.24, 2.45) is 0 Å². The van der Waals surface area contributed by atoms with Gasteiger partial charge in [-0.15, -0.1) is 0 Å². The number of aryl methyl sites for hydroxylation is 1. The lowest BCUT2D eigenvalue weighted by atomic mass is 9.77. The molecule has 0 amide bonds. The second kappa shape index (κ2) is 6.17. The standard InChI is InChI=1S/C20H23BN2O4S/c1-13-6-8-14(9-7-13)28(24,25)16-12-23-18-15(10-11-22-18)17(16)21-26-19(2,3)20(4,5)27-21/h6-12H,1-5H3,(H,22,23). The van der Waals surface area contributed by atoms with Crippen molar-refractivity contribution < 1.29 is 17.7 Å². The first-order valence-electron chi connectivity index (χ1n) is 9.16. The summed E-state index contributed by atoms with van der Waals surface area (Å²) in [5, 5.41) is 0.673. The smallest absolute Gasteiger partial charge is 0.399 e. The number of pyridine rings is 1. The second-order valence-corrected chi connectivity index (χ2v) is 10.1. The van der Waals surface area contributed by atoms with E-state index in [1.165, 1.54) is 6.20 Å². The number of benzene rings is 1. The first kappa shape index (κ1) is 19.2. The van der Waals surface area contributed by atoms with Gasteiger partial charge in [-0.2, -0.15) is 0 Å². The molecule has 0 saturated carbocycles. The molecule has 0 atom stereocenters. The molecule has 2 aromatic heterocycles. The van der Waals surface area contributed by atoms with Crippen molar-refractivity contribution in [2.75, 3.05) is 0 Å². The number of nitrogens with one attached hydrogen (secondary N) is 1. The van der Waals surface area contributed by atoms with Crippen LogP contribution < -0.4 is 5.46 Å². The highest BCUT2D eigenvalue weighted by molar-refractivity contribution is 7.91. The molecule has 1 saturated heterocycles. The normalized spacial score (nSPS) is 18.7. The van der Waals surface area contributed by atoms with Gasteiger partial charge >= 0.3 is 7.12 Å². The Kier molecular flexibility index (Phi) is 4.23. The molecule has 1 aromatic carbocycles. The van der Waals surface area contributed by atoms with Crippen molar-refractivity contribution in [1.82, 2.24) is 9.97 Å². The maximum absolute atomic E-state index is 13.4. The van der Waals surface area contributed by atoms with Crippen molar-refractivity contribution in [2.45, 2.75) is 55.6 Å². The van der Waals surface area contributed by atoms with Crippen molar-refractivity contribution in [3.05, 3.63) is 48.3 Å². The largest absolute Gasteiger partial charge is 0.497 e. The quantitative estimate of drug-likeness (QED) is 0.686. The zero-order valence-corrected chi connectivity index (χ0v) is 17.4. The average Bonchev–Trinajstić information content (AvgIpc) is 3.16. The zero-order chi connectivity index (χ0) is 20.3. The molecular formula is C20H23BN2O4S. The topological polar surface area (TPSA) is 81.3 Å². The van der Waals surface area contributed by atoms with Crippen molar-refractivity contribution >= 4 is 33.5 Å². The molecule has 1 N–H and O–H groups in total. The SMILES string of the molecule is Cc1ccc(S(=O)(=O)c2cnc3[nH]ccc3c2B2OC(C)(C)C(C)(C)O2)cc1. The predicted octanol–water partition coefficient (Wildman–Crippen LogP) is 3.00. The van der Waals surface area contributed by atoms with Crippen LogP contribution in [0.5, 0.6) is 0 Å². The van der Waals surface area contributed by atoms with Crippen LogP contribution in [0.15, 0.2) is 52.5 Å². The summed E-state index contributed by atoms with van der Waals surface area (Å²) in [6.45, 7) is 9.68. The van der Waals surface area contributed by atoms with Crippen LogP contribution in [-0.4, -0.2) is 36.7 Å². The van der Waals surface area contributed by atoms with Crippen LogP contribution in [0.1, 0.15) is 33.3 Å².